The summed E-state index contributed by atoms with van der Waals surface area (Å²) < 4.78 is 0. The van der Waals surface area contributed by atoms with Gasteiger partial charge in [-0.3, -0.25) is 4.98 Å². The third-order valence-corrected chi connectivity index (χ3v) is 5.66. The quantitative estimate of drug-likeness (QED) is 0.603. The molecule has 0 amide bonds. The molecule has 7 heteroatoms. The Bertz CT molecular complexity index is 867. The predicted octanol–water partition coefficient (Wildman–Crippen LogP) is 4.14. The van der Waals surface area contributed by atoms with Crippen molar-refractivity contribution < 1.29 is 0 Å². The lowest BCUT2D eigenvalue weighted by Gasteiger charge is -2.36. The van der Waals surface area contributed by atoms with E-state index in [1.54, 1.807) is 18.0 Å². The van der Waals surface area contributed by atoms with Crippen molar-refractivity contribution in [3.8, 4) is 0 Å². The van der Waals surface area contributed by atoms with E-state index in [0.717, 1.165) is 48.6 Å². The highest BCUT2D eigenvalue weighted by molar-refractivity contribution is 7.98. The molecule has 0 bridgehead atoms. The molecule has 0 N–H and O–H groups in total. The number of pyridine rings is 1. The molecule has 0 atom stereocenters. The van der Waals surface area contributed by atoms with Gasteiger partial charge in [-0.05, 0) is 17.7 Å². The Balaban J connectivity index is 1.36. The molecule has 138 valence electrons. The van der Waals surface area contributed by atoms with Gasteiger partial charge in [-0.1, -0.05) is 41.9 Å². The topological polar surface area (TPSA) is 45.2 Å². The molecular formula is C20H20ClN5S. The largest absolute Gasteiger partial charge is 0.353 e. The van der Waals surface area contributed by atoms with E-state index >= 15 is 0 Å². The molecule has 0 radical (unpaired) electrons. The van der Waals surface area contributed by atoms with Crippen LogP contribution in [0.3, 0.4) is 0 Å². The van der Waals surface area contributed by atoms with Crippen LogP contribution in [0.4, 0.5) is 11.6 Å². The third-order valence-electron chi connectivity index (χ3n) is 4.47. The van der Waals surface area contributed by atoms with E-state index in [-0.39, 0.29) is 0 Å². The van der Waals surface area contributed by atoms with Crippen LogP contribution in [0.25, 0.3) is 0 Å². The van der Waals surface area contributed by atoms with E-state index in [2.05, 4.69) is 44.0 Å². The lowest BCUT2D eigenvalue weighted by molar-refractivity contribution is 0.638. The van der Waals surface area contributed by atoms with Crippen LogP contribution in [0.15, 0.2) is 66.1 Å². The molecule has 27 heavy (non-hydrogen) atoms. The van der Waals surface area contributed by atoms with Crippen LogP contribution >= 0.6 is 23.4 Å². The van der Waals surface area contributed by atoms with Gasteiger partial charge in [0, 0.05) is 38.1 Å². The van der Waals surface area contributed by atoms with Gasteiger partial charge in [-0.15, -0.1) is 11.8 Å². The molecule has 1 aromatic carbocycles. The fourth-order valence-electron chi connectivity index (χ4n) is 3.01. The molecule has 1 aliphatic rings. The first kappa shape index (κ1) is 18.1. The van der Waals surface area contributed by atoms with Crippen molar-refractivity contribution in [2.45, 2.75) is 10.8 Å². The SMILES string of the molecule is Clc1ccc(N2CCN(c3cncc(SCc4ccccc4)n3)CC2)nc1. The van der Waals surface area contributed by atoms with E-state index < -0.39 is 0 Å². The number of thioether (sulfide) groups is 1. The molecule has 3 aromatic rings. The second-order valence-electron chi connectivity index (χ2n) is 6.30. The highest BCUT2D eigenvalue weighted by atomic mass is 35.5. The van der Waals surface area contributed by atoms with Gasteiger partial charge < -0.3 is 9.80 Å². The van der Waals surface area contributed by atoms with Gasteiger partial charge in [-0.2, -0.15) is 0 Å². The number of benzene rings is 1. The molecule has 0 aliphatic carbocycles. The van der Waals surface area contributed by atoms with Crippen molar-refractivity contribution in [3.63, 3.8) is 0 Å². The minimum Gasteiger partial charge on any atom is -0.353 e. The molecule has 1 aliphatic heterocycles. The first-order chi connectivity index (χ1) is 13.3. The monoisotopic (exact) mass is 397 g/mol. The first-order valence-corrected chi connectivity index (χ1v) is 10.2. The molecule has 5 nitrogen and oxygen atoms in total. The molecule has 0 saturated carbocycles. The Labute approximate surface area is 168 Å². The van der Waals surface area contributed by atoms with Crippen LogP contribution < -0.4 is 9.80 Å². The Morgan fingerprint density at radius 3 is 2.30 bits per heavy atom. The molecule has 1 saturated heterocycles. The Morgan fingerprint density at radius 2 is 1.59 bits per heavy atom. The Hall–Kier alpha value is -2.31. The average molecular weight is 398 g/mol. The molecule has 2 aromatic heterocycles. The van der Waals surface area contributed by atoms with E-state index in [4.69, 9.17) is 16.6 Å². The van der Waals surface area contributed by atoms with E-state index in [1.165, 1.54) is 5.56 Å². The minimum absolute atomic E-state index is 0.664. The molecule has 0 unspecified atom stereocenters. The van der Waals surface area contributed by atoms with E-state index in [9.17, 15) is 0 Å². The summed E-state index contributed by atoms with van der Waals surface area (Å²) in [5.41, 5.74) is 1.29. The number of hydrogen-bond acceptors (Lipinski definition) is 6. The van der Waals surface area contributed by atoms with Crippen molar-refractivity contribution in [2.24, 2.45) is 0 Å². The Morgan fingerprint density at radius 1 is 0.852 bits per heavy atom. The molecule has 4 rings (SSSR count). The van der Waals surface area contributed by atoms with Gasteiger partial charge >= 0.3 is 0 Å². The van der Waals surface area contributed by atoms with Crippen LogP contribution in [0, 0.1) is 0 Å². The third kappa shape index (κ3) is 4.70. The molecular weight excluding hydrogens is 378 g/mol. The zero-order valence-corrected chi connectivity index (χ0v) is 16.4. The number of halogens is 1. The first-order valence-electron chi connectivity index (χ1n) is 8.88. The average Bonchev–Trinajstić information content (AvgIpc) is 2.74. The number of rotatable bonds is 5. The minimum atomic E-state index is 0.664. The van der Waals surface area contributed by atoms with E-state index in [0.29, 0.717) is 5.02 Å². The normalized spacial score (nSPS) is 14.4. The summed E-state index contributed by atoms with van der Waals surface area (Å²) in [6.07, 6.45) is 5.38. The highest BCUT2D eigenvalue weighted by Gasteiger charge is 2.19. The maximum Gasteiger partial charge on any atom is 0.148 e. The smallest absolute Gasteiger partial charge is 0.148 e. The number of anilines is 2. The van der Waals surface area contributed by atoms with Gasteiger partial charge in [0.25, 0.3) is 0 Å². The highest BCUT2D eigenvalue weighted by Crippen LogP contribution is 2.23. The van der Waals surface area contributed by atoms with Crippen molar-refractivity contribution in [1.82, 2.24) is 15.0 Å². The van der Waals surface area contributed by atoms with Crippen LogP contribution in [0.2, 0.25) is 5.02 Å². The maximum absolute atomic E-state index is 5.93. The lowest BCUT2D eigenvalue weighted by Crippen LogP contribution is -2.47. The fourth-order valence-corrected chi connectivity index (χ4v) is 3.92. The van der Waals surface area contributed by atoms with Crippen molar-refractivity contribution in [1.29, 1.82) is 0 Å². The standard InChI is InChI=1S/C20H20ClN5S/c21-17-6-7-18(23-12-17)25-8-10-26(11-9-25)19-13-22-14-20(24-19)27-15-16-4-2-1-3-5-16/h1-7,12-14H,8-11,15H2. The lowest BCUT2D eigenvalue weighted by atomic mass is 10.2. The van der Waals surface area contributed by atoms with E-state index in [1.807, 2.05) is 30.6 Å². The molecule has 1 fully saturated rings. The number of piperazine rings is 1. The second-order valence-corrected chi connectivity index (χ2v) is 7.73. The van der Waals surface area contributed by atoms with Gasteiger partial charge in [0.1, 0.15) is 16.7 Å². The maximum atomic E-state index is 5.93. The number of hydrogen-bond donors (Lipinski definition) is 0. The second kappa shape index (κ2) is 8.59. The predicted molar refractivity (Wildman–Crippen MR) is 112 cm³/mol. The van der Waals surface area contributed by atoms with Crippen molar-refractivity contribution in [2.75, 3.05) is 36.0 Å². The van der Waals surface area contributed by atoms with Gasteiger partial charge in [-0.25, -0.2) is 9.97 Å². The Kier molecular flexibility index (Phi) is 5.75. The van der Waals surface area contributed by atoms with Crippen molar-refractivity contribution >= 4 is 35.0 Å². The fraction of sp³-hybridized carbons (Fsp3) is 0.250. The number of aromatic nitrogens is 3. The van der Waals surface area contributed by atoms with Gasteiger partial charge in [0.15, 0.2) is 0 Å². The zero-order valence-electron chi connectivity index (χ0n) is 14.8. The van der Waals surface area contributed by atoms with Gasteiger partial charge in [0.05, 0.1) is 17.4 Å². The van der Waals surface area contributed by atoms with Crippen LogP contribution in [-0.2, 0) is 5.75 Å². The molecule has 3 heterocycles. The van der Waals surface area contributed by atoms with Crippen LogP contribution in [0.1, 0.15) is 5.56 Å². The van der Waals surface area contributed by atoms with Crippen molar-refractivity contribution in [3.05, 3.63) is 71.6 Å². The summed E-state index contributed by atoms with van der Waals surface area (Å²) in [5, 5.41) is 1.62. The van der Waals surface area contributed by atoms with Crippen LogP contribution in [-0.4, -0.2) is 41.1 Å². The van der Waals surface area contributed by atoms with Crippen LogP contribution in [0.5, 0.6) is 0 Å². The zero-order chi connectivity index (χ0) is 18.5. The summed E-state index contributed by atoms with van der Waals surface area (Å²) in [6.45, 7) is 3.59. The van der Waals surface area contributed by atoms with Gasteiger partial charge in [0.2, 0.25) is 0 Å². The number of nitrogens with zero attached hydrogens (tertiary/aromatic N) is 5. The molecule has 0 spiro atoms. The summed E-state index contributed by atoms with van der Waals surface area (Å²) in [5.74, 6) is 2.81. The summed E-state index contributed by atoms with van der Waals surface area (Å²) in [4.78, 5) is 18.2. The summed E-state index contributed by atoms with van der Waals surface area (Å²) in [7, 11) is 0. The summed E-state index contributed by atoms with van der Waals surface area (Å²) >= 11 is 7.64. The summed E-state index contributed by atoms with van der Waals surface area (Å²) in [6, 6.07) is 14.3.